The van der Waals surface area contributed by atoms with Crippen molar-refractivity contribution < 1.29 is 17.9 Å². The molecule has 2 aliphatic rings. The van der Waals surface area contributed by atoms with Crippen LogP contribution in [0.5, 0.6) is 0 Å². The molecule has 2 aromatic carbocycles. The summed E-state index contributed by atoms with van der Waals surface area (Å²) in [6.07, 6.45) is 2.43. The van der Waals surface area contributed by atoms with Gasteiger partial charge in [0.25, 0.3) is 5.91 Å². The van der Waals surface area contributed by atoms with Crippen molar-refractivity contribution >= 4 is 27.7 Å². The highest BCUT2D eigenvalue weighted by Crippen LogP contribution is 2.28. The second kappa shape index (κ2) is 10.2. The summed E-state index contributed by atoms with van der Waals surface area (Å²) >= 11 is 1.66. The van der Waals surface area contributed by atoms with E-state index in [1.54, 1.807) is 16.7 Å². The number of carbonyl (C=O) groups is 1. The lowest BCUT2D eigenvalue weighted by Crippen LogP contribution is -2.50. The molecule has 0 N–H and O–H groups in total. The normalized spacial score (nSPS) is 20.1. The minimum atomic E-state index is -3.40. The van der Waals surface area contributed by atoms with E-state index >= 15 is 0 Å². The number of nitrogens with zero attached hydrogens (tertiary/aromatic N) is 2. The number of carbonyl (C=O) groups excluding carboxylic acids is 1. The summed E-state index contributed by atoms with van der Waals surface area (Å²) in [5.41, 5.74) is 1.46. The maximum Gasteiger partial charge on any atom is 0.255 e. The fraction of sp³-hybridized carbons (Fsp3) is 0.435. The van der Waals surface area contributed by atoms with E-state index in [0.29, 0.717) is 31.7 Å². The van der Waals surface area contributed by atoms with E-state index in [9.17, 15) is 13.2 Å². The van der Waals surface area contributed by atoms with Crippen LogP contribution in [0, 0.1) is 0 Å². The summed E-state index contributed by atoms with van der Waals surface area (Å²) in [7, 11) is -3.40. The van der Waals surface area contributed by atoms with E-state index in [4.69, 9.17) is 4.74 Å². The van der Waals surface area contributed by atoms with Crippen LogP contribution in [0.1, 0.15) is 28.8 Å². The summed E-state index contributed by atoms with van der Waals surface area (Å²) in [5.74, 6) is 0.802. The standard InChI is InChI=1S/C23H28N2O4S2/c26-23(21-10-4-5-11-22(21)30-17-20-9-6-16-29-20)24-12-14-25(15-13-24)31(27,28)18-19-7-2-1-3-8-19/h1-5,7-8,10-11,20H,6,9,12-18H2. The van der Waals surface area contributed by atoms with Gasteiger partial charge in [-0.15, -0.1) is 11.8 Å². The molecular formula is C23H28N2O4S2. The molecule has 6 nitrogen and oxygen atoms in total. The zero-order valence-corrected chi connectivity index (χ0v) is 19.1. The van der Waals surface area contributed by atoms with E-state index < -0.39 is 10.0 Å². The molecule has 0 aromatic heterocycles. The Morgan fingerprint density at radius 3 is 2.42 bits per heavy atom. The van der Waals surface area contributed by atoms with Crippen molar-refractivity contribution in [1.82, 2.24) is 9.21 Å². The highest BCUT2D eigenvalue weighted by molar-refractivity contribution is 7.99. The average Bonchev–Trinajstić information content (AvgIpc) is 3.32. The van der Waals surface area contributed by atoms with Crippen LogP contribution < -0.4 is 0 Å². The van der Waals surface area contributed by atoms with Crippen LogP contribution in [0.3, 0.4) is 0 Å². The monoisotopic (exact) mass is 460 g/mol. The molecule has 2 aliphatic heterocycles. The fourth-order valence-electron chi connectivity index (χ4n) is 3.94. The molecule has 166 valence electrons. The van der Waals surface area contributed by atoms with Gasteiger partial charge in [0, 0.05) is 43.4 Å². The van der Waals surface area contributed by atoms with Crippen LogP contribution in [0.4, 0.5) is 0 Å². The summed E-state index contributed by atoms with van der Waals surface area (Å²) < 4.78 is 32.7. The molecule has 0 saturated carbocycles. The van der Waals surface area contributed by atoms with Crippen LogP contribution in [0.2, 0.25) is 0 Å². The van der Waals surface area contributed by atoms with Crippen molar-refractivity contribution in [3.8, 4) is 0 Å². The molecule has 0 bridgehead atoms. The zero-order chi connectivity index (χ0) is 21.7. The maximum atomic E-state index is 13.2. The van der Waals surface area contributed by atoms with Crippen LogP contribution in [-0.2, 0) is 20.5 Å². The summed E-state index contributed by atoms with van der Waals surface area (Å²) in [6.45, 7) is 2.27. The number of amides is 1. The van der Waals surface area contributed by atoms with Crippen LogP contribution in [-0.4, -0.2) is 68.2 Å². The average molecular weight is 461 g/mol. The Labute approximate surface area is 188 Å². The van der Waals surface area contributed by atoms with Gasteiger partial charge in [-0.2, -0.15) is 4.31 Å². The Hall–Kier alpha value is -1.87. The molecule has 0 aliphatic carbocycles. The first-order chi connectivity index (χ1) is 15.0. The lowest BCUT2D eigenvalue weighted by atomic mass is 10.2. The van der Waals surface area contributed by atoms with Gasteiger partial charge in [0.15, 0.2) is 0 Å². The van der Waals surface area contributed by atoms with Crippen LogP contribution in [0.15, 0.2) is 59.5 Å². The maximum absolute atomic E-state index is 13.2. The van der Waals surface area contributed by atoms with Gasteiger partial charge in [-0.3, -0.25) is 4.79 Å². The lowest BCUT2D eigenvalue weighted by molar-refractivity contribution is 0.0694. The fourth-order valence-corrected chi connectivity index (χ4v) is 6.57. The van der Waals surface area contributed by atoms with Crippen molar-refractivity contribution in [3.05, 3.63) is 65.7 Å². The molecule has 4 rings (SSSR count). The number of ether oxygens (including phenoxy) is 1. The van der Waals surface area contributed by atoms with E-state index in [1.165, 1.54) is 4.31 Å². The molecule has 1 unspecified atom stereocenters. The summed E-state index contributed by atoms with van der Waals surface area (Å²) in [6, 6.07) is 16.9. The first-order valence-corrected chi connectivity index (χ1v) is 13.3. The van der Waals surface area contributed by atoms with Gasteiger partial charge in [-0.1, -0.05) is 42.5 Å². The highest BCUT2D eigenvalue weighted by atomic mass is 32.2. The lowest BCUT2D eigenvalue weighted by Gasteiger charge is -2.34. The minimum absolute atomic E-state index is 0.00943. The third-order valence-electron chi connectivity index (χ3n) is 5.68. The number of thioether (sulfide) groups is 1. The first kappa shape index (κ1) is 22.3. The van der Waals surface area contributed by atoms with Crippen molar-refractivity contribution in [2.24, 2.45) is 0 Å². The largest absolute Gasteiger partial charge is 0.377 e. The molecule has 1 amide bonds. The van der Waals surface area contributed by atoms with Gasteiger partial charge in [0.05, 0.1) is 17.4 Å². The highest BCUT2D eigenvalue weighted by Gasteiger charge is 2.30. The van der Waals surface area contributed by atoms with Crippen molar-refractivity contribution in [3.63, 3.8) is 0 Å². The van der Waals surface area contributed by atoms with Gasteiger partial charge in [-0.05, 0) is 30.5 Å². The predicted octanol–water partition coefficient (Wildman–Crippen LogP) is 3.25. The molecular weight excluding hydrogens is 432 g/mol. The second-order valence-corrected chi connectivity index (χ2v) is 10.9. The summed E-state index contributed by atoms with van der Waals surface area (Å²) in [4.78, 5) is 15.9. The van der Waals surface area contributed by atoms with Crippen LogP contribution in [0.25, 0.3) is 0 Å². The predicted molar refractivity (Wildman–Crippen MR) is 123 cm³/mol. The topological polar surface area (TPSA) is 66.9 Å². The van der Waals surface area contributed by atoms with Crippen LogP contribution >= 0.6 is 11.8 Å². The SMILES string of the molecule is O=C(c1ccccc1SCC1CCCO1)N1CCN(S(=O)(=O)Cc2ccccc2)CC1. The Balaban J connectivity index is 1.36. The third kappa shape index (κ3) is 5.68. The Morgan fingerprint density at radius 2 is 1.71 bits per heavy atom. The number of sulfonamides is 1. The molecule has 2 fully saturated rings. The Morgan fingerprint density at radius 1 is 1.00 bits per heavy atom. The van der Waals surface area contributed by atoms with Gasteiger partial charge < -0.3 is 9.64 Å². The number of rotatable bonds is 7. The third-order valence-corrected chi connectivity index (χ3v) is 8.73. The molecule has 2 heterocycles. The molecule has 2 aromatic rings. The van der Waals surface area contributed by atoms with E-state index in [0.717, 1.165) is 35.7 Å². The number of hydrogen-bond donors (Lipinski definition) is 0. The molecule has 31 heavy (non-hydrogen) atoms. The minimum Gasteiger partial charge on any atom is -0.377 e. The number of benzene rings is 2. The number of hydrogen-bond acceptors (Lipinski definition) is 5. The van der Waals surface area contributed by atoms with E-state index in [2.05, 4.69) is 0 Å². The van der Waals surface area contributed by atoms with Crippen molar-refractivity contribution in [2.75, 3.05) is 38.5 Å². The zero-order valence-electron chi connectivity index (χ0n) is 17.5. The Kier molecular flexibility index (Phi) is 7.32. The Bertz CT molecular complexity index is 984. The molecule has 0 radical (unpaired) electrons. The quantitative estimate of drug-likeness (QED) is 0.594. The number of piperazine rings is 1. The van der Waals surface area contributed by atoms with Gasteiger partial charge >= 0.3 is 0 Å². The van der Waals surface area contributed by atoms with Crippen molar-refractivity contribution in [2.45, 2.75) is 29.6 Å². The van der Waals surface area contributed by atoms with E-state index in [-0.39, 0.29) is 17.8 Å². The van der Waals surface area contributed by atoms with Gasteiger partial charge in [0.2, 0.25) is 10.0 Å². The molecule has 1 atom stereocenters. The van der Waals surface area contributed by atoms with Crippen molar-refractivity contribution in [1.29, 1.82) is 0 Å². The van der Waals surface area contributed by atoms with Gasteiger partial charge in [0.1, 0.15) is 0 Å². The molecule has 8 heteroatoms. The van der Waals surface area contributed by atoms with E-state index in [1.807, 2.05) is 54.6 Å². The first-order valence-electron chi connectivity index (χ1n) is 10.7. The molecule has 2 saturated heterocycles. The smallest absolute Gasteiger partial charge is 0.255 e. The summed E-state index contributed by atoms with van der Waals surface area (Å²) in [5, 5.41) is 0. The second-order valence-electron chi connectivity index (χ2n) is 7.88. The van der Waals surface area contributed by atoms with Gasteiger partial charge in [-0.25, -0.2) is 8.42 Å². The molecule has 0 spiro atoms.